The van der Waals surface area contributed by atoms with Gasteiger partial charge in [-0.05, 0) is 68.7 Å². The number of anilines is 2. The topological polar surface area (TPSA) is 80.3 Å². The highest BCUT2D eigenvalue weighted by molar-refractivity contribution is 6.33. The number of ether oxygens (including phenoxy) is 2. The van der Waals surface area contributed by atoms with Gasteiger partial charge in [0, 0.05) is 57.3 Å². The van der Waals surface area contributed by atoms with Crippen molar-refractivity contribution in [1.82, 2.24) is 15.3 Å². The van der Waals surface area contributed by atoms with Crippen LogP contribution in [0, 0.1) is 5.92 Å². The molecule has 0 bridgehead atoms. The number of hydrogen-bond donors (Lipinski definition) is 3. The molecule has 2 aliphatic rings. The van der Waals surface area contributed by atoms with E-state index in [1.54, 1.807) is 7.11 Å². The molecule has 180 valence electrons. The van der Waals surface area contributed by atoms with E-state index in [-0.39, 0.29) is 0 Å². The lowest BCUT2D eigenvalue weighted by Gasteiger charge is -2.30. The summed E-state index contributed by atoms with van der Waals surface area (Å²) in [6.07, 6.45) is 8.60. The van der Waals surface area contributed by atoms with E-state index in [2.05, 4.69) is 27.0 Å². The van der Waals surface area contributed by atoms with Gasteiger partial charge in [0.05, 0.1) is 17.3 Å². The van der Waals surface area contributed by atoms with Crippen LogP contribution in [0.15, 0.2) is 30.5 Å². The molecule has 0 atom stereocenters. The molecule has 4 rings (SSSR count). The third kappa shape index (κ3) is 7.27. The van der Waals surface area contributed by atoms with Crippen LogP contribution in [0.3, 0.4) is 0 Å². The first-order valence-electron chi connectivity index (χ1n) is 12.1. The molecule has 1 saturated carbocycles. The number of nitrogens with zero attached hydrogens (tertiary/aromatic N) is 2. The lowest BCUT2D eigenvalue weighted by Crippen LogP contribution is -2.38. The predicted molar refractivity (Wildman–Crippen MR) is 134 cm³/mol. The zero-order chi connectivity index (χ0) is 22.9. The zero-order valence-corrected chi connectivity index (χ0v) is 20.2. The standard InChI is InChI=1S/C25H36ClN5O2/c1-32-15-12-27-20-2-4-21(5-3-20)30-24-16-19(8-11-28-24)25-22(26)6-7-23(31-25)29-17-18-9-13-33-14-10-18/h6-8,11,16,18,20-21,27H,2-5,9-10,12-15,17H2,1H3,(H,28,30)(H,29,31)/t20-,21-. The van der Waals surface area contributed by atoms with E-state index in [1.807, 2.05) is 24.4 Å². The van der Waals surface area contributed by atoms with Crippen LogP contribution in [0.4, 0.5) is 11.6 Å². The Morgan fingerprint density at radius 1 is 1.03 bits per heavy atom. The summed E-state index contributed by atoms with van der Waals surface area (Å²) in [6.45, 7) is 4.29. The summed E-state index contributed by atoms with van der Waals surface area (Å²) < 4.78 is 10.6. The van der Waals surface area contributed by atoms with Gasteiger partial charge < -0.3 is 25.4 Å². The molecule has 1 aliphatic heterocycles. The summed E-state index contributed by atoms with van der Waals surface area (Å²) >= 11 is 6.53. The van der Waals surface area contributed by atoms with Gasteiger partial charge in [-0.3, -0.25) is 0 Å². The van der Waals surface area contributed by atoms with Gasteiger partial charge in [0.15, 0.2) is 0 Å². The van der Waals surface area contributed by atoms with Crippen LogP contribution in [0.2, 0.25) is 5.02 Å². The third-order valence-corrected chi connectivity index (χ3v) is 6.92. The maximum absolute atomic E-state index is 6.53. The summed E-state index contributed by atoms with van der Waals surface area (Å²) in [5.41, 5.74) is 1.76. The average Bonchev–Trinajstić information content (AvgIpc) is 2.85. The third-order valence-electron chi connectivity index (χ3n) is 6.61. The molecule has 0 aromatic carbocycles. The van der Waals surface area contributed by atoms with Crippen LogP contribution in [0.5, 0.6) is 0 Å². The summed E-state index contributed by atoms with van der Waals surface area (Å²) in [5, 5.41) is 11.3. The molecule has 1 aliphatic carbocycles. The molecule has 3 N–H and O–H groups in total. The molecule has 8 heteroatoms. The number of halogens is 1. The Balaban J connectivity index is 1.34. The van der Waals surface area contributed by atoms with Crippen molar-refractivity contribution in [2.75, 3.05) is 50.7 Å². The molecule has 1 saturated heterocycles. The molecule has 2 aromatic rings. The SMILES string of the molecule is COCCN[C@H]1CC[C@H](Nc2cc(-c3nc(NCC4CCOCC4)ccc3Cl)ccn2)CC1. The average molecular weight is 474 g/mol. The summed E-state index contributed by atoms with van der Waals surface area (Å²) in [6, 6.07) is 8.91. The van der Waals surface area contributed by atoms with Gasteiger partial charge in [0.2, 0.25) is 0 Å². The van der Waals surface area contributed by atoms with Crippen molar-refractivity contribution in [3.8, 4) is 11.3 Å². The van der Waals surface area contributed by atoms with E-state index in [9.17, 15) is 0 Å². The van der Waals surface area contributed by atoms with Gasteiger partial charge in [-0.1, -0.05) is 11.6 Å². The van der Waals surface area contributed by atoms with Crippen molar-refractivity contribution in [3.05, 3.63) is 35.5 Å². The second-order valence-corrected chi connectivity index (χ2v) is 9.44. The first-order chi connectivity index (χ1) is 16.2. The Bertz CT molecular complexity index is 870. The molecule has 0 radical (unpaired) electrons. The largest absolute Gasteiger partial charge is 0.383 e. The highest BCUT2D eigenvalue weighted by atomic mass is 35.5. The molecule has 7 nitrogen and oxygen atoms in total. The van der Waals surface area contributed by atoms with Crippen molar-refractivity contribution in [3.63, 3.8) is 0 Å². The van der Waals surface area contributed by atoms with E-state index in [4.69, 9.17) is 26.1 Å². The summed E-state index contributed by atoms with van der Waals surface area (Å²) in [7, 11) is 1.74. The molecule has 33 heavy (non-hydrogen) atoms. The van der Waals surface area contributed by atoms with E-state index in [0.717, 1.165) is 94.3 Å². The first-order valence-corrected chi connectivity index (χ1v) is 12.5. The summed E-state index contributed by atoms with van der Waals surface area (Å²) in [4.78, 5) is 9.36. The van der Waals surface area contributed by atoms with Crippen LogP contribution in [0.1, 0.15) is 38.5 Å². The second kappa shape index (κ2) is 12.5. The normalized spacial score (nSPS) is 21.6. The van der Waals surface area contributed by atoms with Crippen molar-refractivity contribution < 1.29 is 9.47 Å². The van der Waals surface area contributed by atoms with E-state index in [1.165, 1.54) is 0 Å². The maximum Gasteiger partial charge on any atom is 0.126 e. The van der Waals surface area contributed by atoms with Crippen LogP contribution >= 0.6 is 11.6 Å². The Labute approximate surface area is 202 Å². The molecule has 0 amide bonds. The minimum Gasteiger partial charge on any atom is -0.383 e. The summed E-state index contributed by atoms with van der Waals surface area (Å²) in [5.74, 6) is 2.36. The van der Waals surface area contributed by atoms with Crippen LogP contribution in [-0.4, -0.2) is 62.1 Å². The van der Waals surface area contributed by atoms with E-state index >= 15 is 0 Å². The van der Waals surface area contributed by atoms with Crippen molar-refractivity contribution >= 4 is 23.2 Å². The molecule has 0 unspecified atom stereocenters. The van der Waals surface area contributed by atoms with Gasteiger partial charge in [-0.15, -0.1) is 0 Å². The predicted octanol–water partition coefficient (Wildman–Crippen LogP) is 4.59. The Morgan fingerprint density at radius 3 is 2.61 bits per heavy atom. The number of nitrogens with one attached hydrogen (secondary N) is 3. The van der Waals surface area contributed by atoms with Crippen molar-refractivity contribution in [2.24, 2.45) is 5.92 Å². The van der Waals surface area contributed by atoms with Gasteiger partial charge in [0.1, 0.15) is 11.6 Å². The fourth-order valence-corrected chi connectivity index (χ4v) is 4.83. The van der Waals surface area contributed by atoms with Crippen LogP contribution in [-0.2, 0) is 9.47 Å². The maximum atomic E-state index is 6.53. The number of aromatic nitrogens is 2. The lowest BCUT2D eigenvalue weighted by molar-refractivity contribution is 0.0699. The van der Waals surface area contributed by atoms with Gasteiger partial charge >= 0.3 is 0 Å². The van der Waals surface area contributed by atoms with E-state index in [0.29, 0.717) is 23.0 Å². The van der Waals surface area contributed by atoms with Crippen LogP contribution in [0.25, 0.3) is 11.3 Å². The number of rotatable bonds is 10. The lowest BCUT2D eigenvalue weighted by atomic mass is 9.91. The molecule has 2 aromatic heterocycles. The van der Waals surface area contributed by atoms with Gasteiger partial charge in [-0.25, -0.2) is 9.97 Å². The number of hydrogen-bond acceptors (Lipinski definition) is 7. The quantitative estimate of drug-likeness (QED) is 0.435. The zero-order valence-electron chi connectivity index (χ0n) is 19.5. The van der Waals surface area contributed by atoms with Gasteiger partial charge in [0.25, 0.3) is 0 Å². The fraction of sp³-hybridized carbons (Fsp3) is 0.600. The highest BCUT2D eigenvalue weighted by Crippen LogP contribution is 2.30. The highest BCUT2D eigenvalue weighted by Gasteiger charge is 2.21. The van der Waals surface area contributed by atoms with E-state index < -0.39 is 0 Å². The molecule has 2 fully saturated rings. The number of pyridine rings is 2. The van der Waals surface area contributed by atoms with Gasteiger partial charge in [-0.2, -0.15) is 0 Å². The van der Waals surface area contributed by atoms with Crippen LogP contribution < -0.4 is 16.0 Å². The fourth-order valence-electron chi connectivity index (χ4n) is 4.62. The minimum absolute atomic E-state index is 0.434. The monoisotopic (exact) mass is 473 g/mol. The molecular weight excluding hydrogens is 438 g/mol. The molecule has 0 spiro atoms. The van der Waals surface area contributed by atoms with Crippen molar-refractivity contribution in [1.29, 1.82) is 0 Å². The Morgan fingerprint density at radius 2 is 1.82 bits per heavy atom. The molecular formula is C25H36ClN5O2. The smallest absolute Gasteiger partial charge is 0.126 e. The van der Waals surface area contributed by atoms with Crippen molar-refractivity contribution in [2.45, 2.75) is 50.6 Å². The number of methoxy groups -OCH3 is 1. The minimum atomic E-state index is 0.434. The first kappa shape index (κ1) is 24.2. The Hall–Kier alpha value is -1.93. The Kier molecular flexibility index (Phi) is 9.17. The second-order valence-electron chi connectivity index (χ2n) is 9.03. The molecule has 3 heterocycles.